The zero-order valence-corrected chi connectivity index (χ0v) is 17.2. The van der Waals surface area contributed by atoms with E-state index in [1.54, 1.807) is 13.2 Å². The van der Waals surface area contributed by atoms with E-state index in [0.717, 1.165) is 30.7 Å². The predicted molar refractivity (Wildman–Crippen MR) is 108 cm³/mol. The highest BCUT2D eigenvalue weighted by Gasteiger charge is 2.31. The second-order valence-corrected chi connectivity index (χ2v) is 7.38. The van der Waals surface area contributed by atoms with Crippen LogP contribution in [-0.2, 0) is 4.79 Å². The fraction of sp³-hybridized carbons (Fsp3) is 0.600. The van der Waals surface area contributed by atoms with Crippen molar-refractivity contribution < 1.29 is 14.3 Å². The van der Waals surface area contributed by atoms with E-state index < -0.39 is 0 Å². The zero-order valence-electron chi connectivity index (χ0n) is 16.4. The van der Waals surface area contributed by atoms with E-state index in [0.29, 0.717) is 37.8 Å². The van der Waals surface area contributed by atoms with Crippen LogP contribution in [0.2, 0.25) is 0 Å². The van der Waals surface area contributed by atoms with E-state index >= 15 is 0 Å². The molecule has 0 spiro atoms. The molecule has 150 valence electrons. The van der Waals surface area contributed by atoms with Crippen molar-refractivity contribution in [2.75, 3.05) is 39.8 Å². The van der Waals surface area contributed by atoms with Gasteiger partial charge in [-0.15, -0.1) is 12.4 Å². The summed E-state index contributed by atoms with van der Waals surface area (Å²) in [5.74, 6) is 1.10. The molecule has 2 fully saturated rings. The highest BCUT2D eigenvalue weighted by Crippen LogP contribution is 2.22. The number of carbonyl (C=O) groups excluding carboxylic acids is 2. The lowest BCUT2D eigenvalue weighted by Gasteiger charge is -2.38. The van der Waals surface area contributed by atoms with Gasteiger partial charge in [-0.05, 0) is 50.9 Å². The van der Waals surface area contributed by atoms with Crippen molar-refractivity contribution in [3.8, 4) is 5.75 Å². The molecule has 1 N–H and O–H groups in total. The topological polar surface area (TPSA) is 61.9 Å². The number of hydrogen-bond donors (Lipinski definition) is 1. The summed E-state index contributed by atoms with van der Waals surface area (Å²) in [5, 5.41) is 3.39. The molecule has 27 heavy (non-hydrogen) atoms. The number of halogens is 1. The maximum atomic E-state index is 12.8. The number of nitrogens with zero attached hydrogens (tertiary/aromatic N) is 2. The van der Waals surface area contributed by atoms with Gasteiger partial charge in [0.05, 0.1) is 7.11 Å². The molecular formula is C20H30ClN3O3. The Labute approximate surface area is 167 Å². The first-order chi connectivity index (χ1) is 12.5. The second kappa shape index (κ2) is 9.42. The van der Waals surface area contributed by atoms with Gasteiger partial charge < -0.3 is 19.9 Å². The summed E-state index contributed by atoms with van der Waals surface area (Å²) in [6, 6.07) is 5.95. The van der Waals surface area contributed by atoms with Crippen LogP contribution < -0.4 is 10.1 Å². The van der Waals surface area contributed by atoms with E-state index in [2.05, 4.69) is 12.2 Å². The van der Waals surface area contributed by atoms with Crippen molar-refractivity contribution in [3.63, 3.8) is 0 Å². The molecule has 2 aliphatic heterocycles. The molecule has 2 aliphatic rings. The fourth-order valence-electron chi connectivity index (χ4n) is 3.88. The van der Waals surface area contributed by atoms with Crippen LogP contribution in [0.1, 0.15) is 35.7 Å². The number of amides is 2. The number of nitrogens with one attached hydrogen (secondary N) is 1. The number of piperidine rings is 1. The van der Waals surface area contributed by atoms with Crippen LogP contribution in [0, 0.1) is 12.8 Å². The predicted octanol–water partition coefficient (Wildman–Crippen LogP) is 2.10. The number of benzene rings is 1. The highest BCUT2D eigenvalue weighted by atomic mass is 35.5. The molecule has 0 bridgehead atoms. The number of carbonyl (C=O) groups is 2. The minimum absolute atomic E-state index is 0. The number of piperazine rings is 1. The van der Waals surface area contributed by atoms with E-state index in [4.69, 9.17) is 4.74 Å². The highest BCUT2D eigenvalue weighted by molar-refractivity contribution is 5.95. The molecule has 1 aromatic carbocycles. The average molecular weight is 396 g/mol. The van der Waals surface area contributed by atoms with E-state index in [1.165, 1.54) is 0 Å². The Bertz CT molecular complexity index is 674. The Hall–Kier alpha value is -1.79. The quantitative estimate of drug-likeness (QED) is 0.851. The molecule has 2 heterocycles. The number of hydrogen-bond acceptors (Lipinski definition) is 4. The van der Waals surface area contributed by atoms with Gasteiger partial charge in [-0.1, -0.05) is 6.07 Å². The van der Waals surface area contributed by atoms with Gasteiger partial charge in [0.2, 0.25) is 5.91 Å². The Balaban J connectivity index is 0.00000261. The van der Waals surface area contributed by atoms with Gasteiger partial charge in [0, 0.05) is 43.7 Å². The number of methoxy groups -OCH3 is 1. The van der Waals surface area contributed by atoms with E-state index in [1.807, 2.05) is 28.9 Å². The molecule has 0 aliphatic carbocycles. The third-order valence-electron chi connectivity index (χ3n) is 5.51. The molecule has 0 radical (unpaired) electrons. The maximum absolute atomic E-state index is 12.8. The lowest BCUT2D eigenvalue weighted by Crippen LogP contribution is -2.53. The Kier molecular flexibility index (Phi) is 7.50. The van der Waals surface area contributed by atoms with Gasteiger partial charge >= 0.3 is 0 Å². The number of ether oxygens (including phenoxy) is 1. The van der Waals surface area contributed by atoms with Gasteiger partial charge in [0.25, 0.3) is 5.91 Å². The second-order valence-electron chi connectivity index (χ2n) is 7.38. The first-order valence-corrected chi connectivity index (χ1v) is 9.45. The molecule has 2 saturated heterocycles. The number of rotatable bonds is 3. The van der Waals surface area contributed by atoms with E-state index in [-0.39, 0.29) is 30.1 Å². The van der Waals surface area contributed by atoms with Gasteiger partial charge in [-0.3, -0.25) is 9.59 Å². The third-order valence-corrected chi connectivity index (χ3v) is 5.51. The smallest absolute Gasteiger partial charge is 0.254 e. The molecule has 7 heteroatoms. The molecular weight excluding hydrogens is 366 g/mol. The standard InChI is InChI=1S/C20H29N3O3.ClH/c1-14-4-5-16(13-18(14)26-3)19(24)22-8-10-23(11-9-22)20(25)17-6-7-21-15(2)12-17;/h4-5,13,15,17,21H,6-12H2,1-3H3;1H/t15-,17-;/m0./s1. The molecule has 0 aromatic heterocycles. The minimum Gasteiger partial charge on any atom is -0.496 e. The fourth-order valence-corrected chi connectivity index (χ4v) is 3.88. The van der Waals surface area contributed by atoms with Crippen molar-refractivity contribution in [1.29, 1.82) is 0 Å². The van der Waals surface area contributed by atoms with Crippen LogP contribution in [0.25, 0.3) is 0 Å². The largest absolute Gasteiger partial charge is 0.496 e. The van der Waals surface area contributed by atoms with Gasteiger partial charge in [-0.2, -0.15) is 0 Å². The molecule has 1 aromatic rings. The lowest BCUT2D eigenvalue weighted by atomic mass is 9.92. The molecule has 0 unspecified atom stereocenters. The summed E-state index contributed by atoms with van der Waals surface area (Å²) in [6.45, 7) is 7.40. The van der Waals surface area contributed by atoms with Crippen molar-refractivity contribution in [1.82, 2.24) is 15.1 Å². The minimum atomic E-state index is 0. The lowest BCUT2D eigenvalue weighted by molar-refractivity contribution is -0.138. The van der Waals surface area contributed by atoms with Crippen molar-refractivity contribution >= 4 is 24.2 Å². The summed E-state index contributed by atoms with van der Waals surface area (Å²) >= 11 is 0. The molecule has 2 amide bonds. The van der Waals surface area contributed by atoms with Crippen LogP contribution in [-0.4, -0.2) is 67.5 Å². The summed E-state index contributed by atoms with van der Waals surface area (Å²) in [6.07, 6.45) is 1.81. The summed E-state index contributed by atoms with van der Waals surface area (Å²) in [4.78, 5) is 29.3. The van der Waals surface area contributed by atoms with Crippen LogP contribution in [0.4, 0.5) is 0 Å². The molecule has 2 atom stereocenters. The maximum Gasteiger partial charge on any atom is 0.254 e. The van der Waals surface area contributed by atoms with Gasteiger partial charge in [0.15, 0.2) is 0 Å². The summed E-state index contributed by atoms with van der Waals surface area (Å²) < 4.78 is 5.32. The van der Waals surface area contributed by atoms with Crippen molar-refractivity contribution in [3.05, 3.63) is 29.3 Å². The van der Waals surface area contributed by atoms with E-state index in [9.17, 15) is 9.59 Å². The summed E-state index contributed by atoms with van der Waals surface area (Å²) in [7, 11) is 1.61. The Morgan fingerprint density at radius 1 is 1.15 bits per heavy atom. The van der Waals surface area contributed by atoms with Crippen molar-refractivity contribution in [2.24, 2.45) is 5.92 Å². The number of aryl methyl sites for hydroxylation is 1. The molecule has 3 rings (SSSR count). The van der Waals surface area contributed by atoms with Gasteiger partial charge in [0.1, 0.15) is 5.75 Å². The van der Waals surface area contributed by atoms with Crippen molar-refractivity contribution in [2.45, 2.75) is 32.7 Å². The first kappa shape index (κ1) is 21.5. The van der Waals surface area contributed by atoms with Crippen LogP contribution >= 0.6 is 12.4 Å². The molecule has 0 saturated carbocycles. The average Bonchev–Trinajstić information content (AvgIpc) is 2.67. The van der Waals surface area contributed by atoms with Crippen LogP contribution in [0.15, 0.2) is 18.2 Å². The monoisotopic (exact) mass is 395 g/mol. The Morgan fingerprint density at radius 3 is 2.44 bits per heavy atom. The van der Waals surface area contributed by atoms with Gasteiger partial charge in [-0.25, -0.2) is 0 Å². The first-order valence-electron chi connectivity index (χ1n) is 9.45. The summed E-state index contributed by atoms with van der Waals surface area (Å²) in [5.41, 5.74) is 1.65. The zero-order chi connectivity index (χ0) is 18.7. The Morgan fingerprint density at radius 2 is 1.81 bits per heavy atom. The normalized spacial score (nSPS) is 22.8. The SMILES string of the molecule is COc1cc(C(=O)N2CCN(C(=O)[C@H]3CCN[C@@H](C)C3)CC2)ccc1C.Cl. The van der Waals surface area contributed by atoms with Crippen LogP contribution in [0.3, 0.4) is 0 Å². The molecule has 6 nitrogen and oxygen atoms in total. The van der Waals surface area contributed by atoms with Crippen LogP contribution in [0.5, 0.6) is 5.75 Å². The third kappa shape index (κ3) is 4.93.